The minimum Gasteiger partial charge on any atom is -0.325 e. The molecule has 3 nitrogen and oxygen atoms in total. The number of halogens is 1. The molecule has 0 heterocycles. The van der Waals surface area contributed by atoms with Crippen LogP contribution in [0.15, 0.2) is 54.6 Å². The van der Waals surface area contributed by atoms with Gasteiger partial charge in [-0.3, -0.25) is 9.59 Å². The highest BCUT2D eigenvalue weighted by atomic mass is 79.9. The number of rotatable bonds is 4. The molecule has 0 aliphatic rings. The number of nitrogens with one attached hydrogen (secondary N) is 1. The first-order valence-electron chi connectivity index (χ1n) is 5.77. The van der Waals surface area contributed by atoms with E-state index in [-0.39, 0.29) is 17.0 Å². The Kier molecular flexibility index (Phi) is 4.47. The number of ketones is 1. The Morgan fingerprint density at radius 2 is 1.58 bits per heavy atom. The molecule has 0 aliphatic heterocycles. The number of amides is 1. The summed E-state index contributed by atoms with van der Waals surface area (Å²) in [5.74, 6) is -0.292. The van der Waals surface area contributed by atoms with Gasteiger partial charge in [0.2, 0.25) is 5.91 Å². The fourth-order valence-electron chi connectivity index (χ4n) is 1.72. The van der Waals surface area contributed by atoms with E-state index in [1.807, 2.05) is 18.2 Å². The van der Waals surface area contributed by atoms with Gasteiger partial charge in [-0.1, -0.05) is 58.4 Å². The minimum absolute atomic E-state index is 0.105. The molecule has 2 aromatic carbocycles. The first-order chi connectivity index (χ1) is 9.22. The molecule has 0 atom stereocenters. The molecule has 19 heavy (non-hydrogen) atoms. The number of hydrogen-bond acceptors (Lipinski definition) is 2. The molecule has 1 N–H and O–H groups in total. The summed E-state index contributed by atoms with van der Waals surface area (Å²) < 4.78 is 0. The van der Waals surface area contributed by atoms with Gasteiger partial charge in [0.15, 0.2) is 5.78 Å². The summed E-state index contributed by atoms with van der Waals surface area (Å²) in [6.45, 7) is 0. The SMILES string of the molecule is O=C(CBr)Nc1ccccc1C(=O)c1ccccc1. The second-order valence-electron chi connectivity index (χ2n) is 3.92. The highest BCUT2D eigenvalue weighted by Gasteiger charge is 2.14. The van der Waals surface area contributed by atoms with Gasteiger partial charge in [-0.15, -0.1) is 0 Å². The summed E-state index contributed by atoms with van der Waals surface area (Å²) in [5.41, 5.74) is 1.62. The molecule has 4 heteroatoms. The van der Waals surface area contributed by atoms with Crippen LogP contribution in [0.1, 0.15) is 15.9 Å². The quantitative estimate of drug-likeness (QED) is 0.695. The molecule has 2 aromatic rings. The zero-order chi connectivity index (χ0) is 13.7. The summed E-state index contributed by atoms with van der Waals surface area (Å²) in [6.07, 6.45) is 0. The summed E-state index contributed by atoms with van der Waals surface area (Å²) in [7, 11) is 0. The van der Waals surface area contributed by atoms with Crippen LogP contribution < -0.4 is 5.32 Å². The van der Waals surface area contributed by atoms with Crippen LogP contribution in [0, 0.1) is 0 Å². The third kappa shape index (κ3) is 3.29. The van der Waals surface area contributed by atoms with Crippen LogP contribution in [0.3, 0.4) is 0 Å². The Hall–Kier alpha value is -1.94. The van der Waals surface area contributed by atoms with Crippen molar-refractivity contribution >= 4 is 33.3 Å². The topological polar surface area (TPSA) is 46.2 Å². The van der Waals surface area contributed by atoms with Crippen LogP contribution in [0.4, 0.5) is 5.69 Å². The van der Waals surface area contributed by atoms with E-state index in [9.17, 15) is 9.59 Å². The van der Waals surface area contributed by atoms with Crippen molar-refractivity contribution in [2.45, 2.75) is 0 Å². The van der Waals surface area contributed by atoms with E-state index in [1.54, 1.807) is 36.4 Å². The van der Waals surface area contributed by atoms with Gasteiger partial charge in [0, 0.05) is 11.1 Å². The first kappa shape index (κ1) is 13.5. The molecule has 0 unspecified atom stereocenters. The number of anilines is 1. The average molecular weight is 318 g/mol. The van der Waals surface area contributed by atoms with Crippen LogP contribution >= 0.6 is 15.9 Å². The van der Waals surface area contributed by atoms with Crippen molar-refractivity contribution in [3.05, 3.63) is 65.7 Å². The Morgan fingerprint density at radius 1 is 0.947 bits per heavy atom. The molecule has 0 spiro atoms. The van der Waals surface area contributed by atoms with Crippen LogP contribution in [0.25, 0.3) is 0 Å². The molecule has 0 radical (unpaired) electrons. The average Bonchev–Trinajstić information content (AvgIpc) is 2.48. The summed E-state index contributed by atoms with van der Waals surface area (Å²) in [6, 6.07) is 16.0. The maximum atomic E-state index is 12.4. The second-order valence-corrected chi connectivity index (χ2v) is 4.48. The molecule has 96 valence electrons. The lowest BCUT2D eigenvalue weighted by Crippen LogP contribution is -2.15. The van der Waals surface area contributed by atoms with Gasteiger partial charge in [-0.25, -0.2) is 0 Å². The fraction of sp³-hybridized carbons (Fsp3) is 0.0667. The fourth-order valence-corrected chi connectivity index (χ4v) is 1.86. The lowest BCUT2D eigenvalue weighted by molar-refractivity contribution is -0.113. The zero-order valence-electron chi connectivity index (χ0n) is 10.1. The number of alkyl halides is 1. The molecule has 0 saturated heterocycles. The molecule has 0 aromatic heterocycles. The second kappa shape index (κ2) is 6.29. The summed E-state index contributed by atoms with van der Waals surface area (Å²) in [4.78, 5) is 23.8. The Labute approximate surface area is 119 Å². The van der Waals surface area contributed by atoms with E-state index in [0.717, 1.165) is 0 Å². The zero-order valence-corrected chi connectivity index (χ0v) is 11.7. The Morgan fingerprint density at radius 3 is 2.26 bits per heavy atom. The van der Waals surface area contributed by atoms with Gasteiger partial charge in [0.05, 0.1) is 11.0 Å². The van der Waals surface area contributed by atoms with E-state index in [0.29, 0.717) is 16.8 Å². The molecule has 0 fully saturated rings. The van der Waals surface area contributed by atoms with Crippen LogP contribution in [-0.4, -0.2) is 17.0 Å². The number of carbonyl (C=O) groups is 2. The lowest BCUT2D eigenvalue weighted by Gasteiger charge is -2.09. The van der Waals surface area contributed by atoms with Crippen molar-refractivity contribution < 1.29 is 9.59 Å². The van der Waals surface area contributed by atoms with Crippen molar-refractivity contribution in [1.82, 2.24) is 0 Å². The van der Waals surface area contributed by atoms with E-state index in [1.165, 1.54) is 0 Å². The lowest BCUT2D eigenvalue weighted by atomic mass is 10.0. The van der Waals surface area contributed by atoms with Crippen molar-refractivity contribution in [1.29, 1.82) is 0 Å². The third-order valence-corrected chi connectivity index (χ3v) is 3.11. The van der Waals surface area contributed by atoms with Gasteiger partial charge in [-0.05, 0) is 12.1 Å². The number of para-hydroxylation sites is 1. The normalized spacial score (nSPS) is 9.95. The summed E-state index contributed by atoms with van der Waals surface area (Å²) >= 11 is 3.08. The van der Waals surface area contributed by atoms with E-state index < -0.39 is 0 Å². The van der Waals surface area contributed by atoms with Crippen molar-refractivity contribution in [2.24, 2.45) is 0 Å². The highest BCUT2D eigenvalue weighted by Crippen LogP contribution is 2.19. The first-order valence-corrected chi connectivity index (χ1v) is 6.89. The molecule has 0 saturated carbocycles. The number of hydrogen-bond donors (Lipinski definition) is 1. The van der Waals surface area contributed by atoms with Crippen molar-refractivity contribution in [3.63, 3.8) is 0 Å². The Balaban J connectivity index is 2.35. The predicted molar refractivity (Wildman–Crippen MR) is 78.7 cm³/mol. The van der Waals surface area contributed by atoms with Gasteiger partial charge in [0.25, 0.3) is 0 Å². The van der Waals surface area contributed by atoms with Gasteiger partial charge in [0.1, 0.15) is 0 Å². The van der Waals surface area contributed by atoms with Crippen molar-refractivity contribution in [2.75, 3.05) is 10.6 Å². The number of benzene rings is 2. The summed E-state index contributed by atoms with van der Waals surface area (Å²) in [5, 5.41) is 2.90. The molecular weight excluding hydrogens is 306 g/mol. The van der Waals surface area contributed by atoms with Gasteiger partial charge in [-0.2, -0.15) is 0 Å². The smallest absolute Gasteiger partial charge is 0.235 e. The monoisotopic (exact) mass is 317 g/mol. The van der Waals surface area contributed by atoms with Crippen molar-refractivity contribution in [3.8, 4) is 0 Å². The molecule has 0 bridgehead atoms. The minimum atomic E-state index is -0.187. The van der Waals surface area contributed by atoms with Crippen LogP contribution in [0.2, 0.25) is 0 Å². The van der Waals surface area contributed by atoms with E-state index in [4.69, 9.17) is 0 Å². The van der Waals surface area contributed by atoms with Crippen LogP contribution in [0.5, 0.6) is 0 Å². The third-order valence-electron chi connectivity index (χ3n) is 2.60. The van der Waals surface area contributed by atoms with Gasteiger partial charge >= 0.3 is 0 Å². The molecular formula is C15H12BrNO2. The maximum Gasteiger partial charge on any atom is 0.235 e. The highest BCUT2D eigenvalue weighted by molar-refractivity contribution is 9.09. The largest absolute Gasteiger partial charge is 0.325 e. The predicted octanol–water partition coefficient (Wildman–Crippen LogP) is 3.25. The number of carbonyl (C=O) groups excluding carboxylic acids is 2. The van der Waals surface area contributed by atoms with E-state index >= 15 is 0 Å². The molecule has 0 aliphatic carbocycles. The Bertz CT molecular complexity index is 596. The van der Waals surface area contributed by atoms with E-state index in [2.05, 4.69) is 21.2 Å². The van der Waals surface area contributed by atoms with Gasteiger partial charge < -0.3 is 5.32 Å². The maximum absolute atomic E-state index is 12.4. The van der Waals surface area contributed by atoms with Crippen LogP contribution in [-0.2, 0) is 4.79 Å². The molecule has 2 rings (SSSR count). The molecule has 1 amide bonds. The standard InChI is InChI=1S/C15H12BrNO2/c16-10-14(18)17-13-9-5-4-8-12(13)15(19)11-6-2-1-3-7-11/h1-9H,10H2,(H,17,18).